The quantitative estimate of drug-likeness (QED) is 0.455. The van der Waals surface area contributed by atoms with Gasteiger partial charge in [0, 0.05) is 12.5 Å². The van der Waals surface area contributed by atoms with Gasteiger partial charge in [0.25, 0.3) is 0 Å². The monoisotopic (exact) mass is 272 g/mol. The van der Waals surface area contributed by atoms with Crippen molar-refractivity contribution in [2.24, 2.45) is 5.92 Å². The van der Waals surface area contributed by atoms with E-state index >= 15 is 0 Å². The van der Waals surface area contributed by atoms with Crippen LogP contribution in [0.3, 0.4) is 0 Å². The SMILES string of the molecule is CCC(C)C(=O)N(C=O)CCCC[C@H](NC)C(=O)O. The fraction of sp³-hybridized carbons (Fsp3) is 0.769. The third kappa shape index (κ3) is 6.33. The van der Waals surface area contributed by atoms with Gasteiger partial charge in [-0.1, -0.05) is 13.8 Å². The Morgan fingerprint density at radius 3 is 2.42 bits per heavy atom. The number of likely N-dealkylation sites (N-methyl/N-ethyl adjacent to an activating group) is 1. The lowest BCUT2D eigenvalue weighted by Crippen LogP contribution is -2.35. The van der Waals surface area contributed by atoms with E-state index in [9.17, 15) is 14.4 Å². The molecule has 110 valence electrons. The van der Waals surface area contributed by atoms with Gasteiger partial charge in [-0.25, -0.2) is 0 Å². The highest BCUT2D eigenvalue weighted by Crippen LogP contribution is 2.08. The fourth-order valence-electron chi connectivity index (χ4n) is 1.69. The number of aliphatic carboxylic acids is 1. The molecule has 2 N–H and O–H groups in total. The third-order valence-electron chi connectivity index (χ3n) is 3.23. The Labute approximate surface area is 114 Å². The first-order valence-corrected chi connectivity index (χ1v) is 6.63. The Bertz CT molecular complexity index is 307. The van der Waals surface area contributed by atoms with Crippen molar-refractivity contribution in [3.63, 3.8) is 0 Å². The molecule has 0 radical (unpaired) electrons. The van der Waals surface area contributed by atoms with Crippen molar-refractivity contribution < 1.29 is 19.5 Å². The number of carbonyl (C=O) groups is 3. The molecule has 0 rings (SSSR count). The number of amides is 2. The summed E-state index contributed by atoms with van der Waals surface area (Å²) in [5.41, 5.74) is 0. The average molecular weight is 272 g/mol. The Morgan fingerprint density at radius 2 is 2.00 bits per heavy atom. The van der Waals surface area contributed by atoms with Crippen LogP contribution in [-0.2, 0) is 14.4 Å². The van der Waals surface area contributed by atoms with Crippen LogP contribution in [0.5, 0.6) is 0 Å². The van der Waals surface area contributed by atoms with Gasteiger partial charge in [-0.2, -0.15) is 0 Å². The van der Waals surface area contributed by atoms with E-state index in [0.717, 1.165) is 0 Å². The van der Waals surface area contributed by atoms with Gasteiger partial charge in [0.1, 0.15) is 6.04 Å². The highest BCUT2D eigenvalue weighted by molar-refractivity contribution is 5.87. The normalized spacial score (nSPS) is 13.6. The zero-order valence-electron chi connectivity index (χ0n) is 11.9. The molecule has 0 fully saturated rings. The van der Waals surface area contributed by atoms with Crippen LogP contribution in [0.25, 0.3) is 0 Å². The molecule has 6 heteroatoms. The number of carbonyl (C=O) groups excluding carboxylic acids is 2. The van der Waals surface area contributed by atoms with Gasteiger partial charge < -0.3 is 10.4 Å². The molecule has 2 amide bonds. The van der Waals surface area contributed by atoms with Crippen molar-refractivity contribution >= 4 is 18.3 Å². The first-order valence-electron chi connectivity index (χ1n) is 6.63. The van der Waals surface area contributed by atoms with Gasteiger partial charge in [-0.15, -0.1) is 0 Å². The maximum absolute atomic E-state index is 11.8. The van der Waals surface area contributed by atoms with E-state index in [1.165, 1.54) is 4.90 Å². The highest BCUT2D eigenvalue weighted by Gasteiger charge is 2.19. The first-order chi connectivity index (χ1) is 8.97. The van der Waals surface area contributed by atoms with Crippen molar-refractivity contribution in [3.05, 3.63) is 0 Å². The number of nitrogens with one attached hydrogen (secondary N) is 1. The standard InChI is InChI=1S/C13H24N2O4/c1-4-10(2)12(17)15(9-16)8-6-5-7-11(14-3)13(18)19/h9-11,14H,4-8H2,1-3H3,(H,18,19)/t10?,11-/m0/s1. The maximum Gasteiger partial charge on any atom is 0.320 e. The second-order valence-electron chi connectivity index (χ2n) is 4.62. The molecule has 0 aliphatic carbocycles. The number of hydrogen-bond acceptors (Lipinski definition) is 4. The lowest BCUT2D eigenvalue weighted by molar-refractivity contribution is -0.142. The van der Waals surface area contributed by atoms with E-state index in [4.69, 9.17) is 5.11 Å². The number of rotatable bonds is 10. The van der Waals surface area contributed by atoms with Crippen molar-refractivity contribution in [2.45, 2.75) is 45.6 Å². The average Bonchev–Trinajstić information content (AvgIpc) is 2.41. The summed E-state index contributed by atoms with van der Waals surface area (Å²) in [5, 5.41) is 11.5. The fourth-order valence-corrected chi connectivity index (χ4v) is 1.69. The smallest absolute Gasteiger partial charge is 0.320 e. The van der Waals surface area contributed by atoms with Crippen LogP contribution < -0.4 is 5.32 Å². The summed E-state index contributed by atoms with van der Waals surface area (Å²) < 4.78 is 0. The molecule has 0 saturated carbocycles. The van der Waals surface area contributed by atoms with E-state index in [1.807, 2.05) is 6.92 Å². The Kier molecular flexibility index (Phi) is 8.78. The molecule has 0 aromatic heterocycles. The Hall–Kier alpha value is -1.43. The molecule has 0 aromatic carbocycles. The molecule has 19 heavy (non-hydrogen) atoms. The van der Waals surface area contributed by atoms with Gasteiger partial charge in [0.05, 0.1) is 0 Å². The molecule has 0 aliphatic heterocycles. The number of carboxylic acid groups (broad SMARTS) is 1. The van der Waals surface area contributed by atoms with Crippen LogP contribution in [0.2, 0.25) is 0 Å². The topological polar surface area (TPSA) is 86.7 Å². The third-order valence-corrected chi connectivity index (χ3v) is 3.23. The van der Waals surface area contributed by atoms with E-state index in [1.54, 1.807) is 14.0 Å². The summed E-state index contributed by atoms with van der Waals surface area (Å²) in [4.78, 5) is 34.6. The number of imide groups is 1. The molecule has 0 aromatic rings. The van der Waals surface area contributed by atoms with Crippen molar-refractivity contribution in [1.82, 2.24) is 10.2 Å². The molecular formula is C13H24N2O4. The van der Waals surface area contributed by atoms with Crippen LogP contribution in [0.4, 0.5) is 0 Å². The number of unbranched alkanes of at least 4 members (excludes halogenated alkanes) is 1. The predicted octanol–water partition coefficient (Wildman–Crippen LogP) is 0.860. The van der Waals surface area contributed by atoms with Gasteiger partial charge >= 0.3 is 5.97 Å². The number of nitrogens with zero attached hydrogens (tertiary/aromatic N) is 1. The predicted molar refractivity (Wildman–Crippen MR) is 71.6 cm³/mol. The van der Waals surface area contributed by atoms with Crippen molar-refractivity contribution in [2.75, 3.05) is 13.6 Å². The molecule has 0 bridgehead atoms. The molecule has 6 nitrogen and oxygen atoms in total. The maximum atomic E-state index is 11.8. The van der Waals surface area contributed by atoms with Gasteiger partial charge in [0.2, 0.25) is 12.3 Å². The summed E-state index contributed by atoms with van der Waals surface area (Å²) in [6.07, 6.45) is 3.00. The minimum Gasteiger partial charge on any atom is -0.480 e. The first kappa shape index (κ1) is 17.6. The largest absolute Gasteiger partial charge is 0.480 e. The lowest BCUT2D eigenvalue weighted by atomic mass is 10.1. The summed E-state index contributed by atoms with van der Waals surface area (Å²) >= 11 is 0. The van der Waals surface area contributed by atoms with E-state index < -0.39 is 12.0 Å². The molecule has 0 saturated heterocycles. The van der Waals surface area contributed by atoms with Crippen molar-refractivity contribution in [1.29, 1.82) is 0 Å². The minimum absolute atomic E-state index is 0.158. The van der Waals surface area contributed by atoms with Crippen LogP contribution in [0, 0.1) is 5.92 Å². The zero-order valence-corrected chi connectivity index (χ0v) is 11.9. The van der Waals surface area contributed by atoms with Crippen LogP contribution >= 0.6 is 0 Å². The summed E-state index contributed by atoms with van der Waals surface area (Å²) in [6, 6.07) is -0.574. The van der Waals surface area contributed by atoms with Crippen molar-refractivity contribution in [3.8, 4) is 0 Å². The lowest BCUT2D eigenvalue weighted by Gasteiger charge is -2.19. The molecule has 1 unspecified atom stereocenters. The molecule has 0 spiro atoms. The van der Waals surface area contributed by atoms with Crippen LogP contribution in [0.15, 0.2) is 0 Å². The second-order valence-corrected chi connectivity index (χ2v) is 4.62. The molecular weight excluding hydrogens is 248 g/mol. The van der Waals surface area contributed by atoms with E-state index in [2.05, 4.69) is 5.32 Å². The highest BCUT2D eigenvalue weighted by atomic mass is 16.4. The summed E-state index contributed by atoms with van der Waals surface area (Å²) in [7, 11) is 1.60. The van der Waals surface area contributed by atoms with Gasteiger partial charge in [0.15, 0.2) is 0 Å². The Morgan fingerprint density at radius 1 is 1.37 bits per heavy atom. The number of carboxylic acids is 1. The van der Waals surface area contributed by atoms with E-state index in [0.29, 0.717) is 38.6 Å². The van der Waals surface area contributed by atoms with E-state index in [-0.39, 0.29) is 11.8 Å². The van der Waals surface area contributed by atoms with Gasteiger partial charge in [-0.3, -0.25) is 19.3 Å². The van der Waals surface area contributed by atoms with Crippen LogP contribution in [-0.4, -0.2) is 47.9 Å². The zero-order chi connectivity index (χ0) is 14.8. The summed E-state index contributed by atoms with van der Waals surface area (Å²) in [5.74, 6) is -1.21. The van der Waals surface area contributed by atoms with Crippen LogP contribution in [0.1, 0.15) is 39.5 Å². The number of hydrogen-bond donors (Lipinski definition) is 2. The molecule has 0 aliphatic rings. The summed E-state index contributed by atoms with van der Waals surface area (Å²) in [6.45, 7) is 4.04. The second kappa shape index (κ2) is 9.49. The molecule has 2 atom stereocenters. The van der Waals surface area contributed by atoms with Gasteiger partial charge in [-0.05, 0) is 32.7 Å². The minimum atomic E-state index is -0.884. The molecule has 0 heterocycles. The Balaban J connectivity index is 4.06.